The maximum Gasteiger partial charge on any atom is 0.317 e. The van der Waals surface area contributed by atoms with Crippen LogP contribution in [0.15, 0.2) is 24.3 Å². The minimum Gasteiger partial charge on any atom is -0.497 e. The van der Waals surface area contributed by atoms with E-state index in [1.165, 1.54) is 0 Å². The number of ether oxygens (including phenoxy) is 2. The molecule has 0 saturated carbocycles. The van der Waals surface area contributed by atoms with E-state index in [4.69, 9.17) is 9.47 Å². The standard InChI is InChI=1S/C17H26N2O4/c1-13(23-15-7-5-14(22-3)6-8-15)11-18-16(20)19-10-4-9-17(2,21)12-19/h5-8,13,21H,4,9-12H2,1-3H3,(H,18,20)/t13-,17-/m0/s1. The number of likely N-dealkylation sites (tertiary alicyclic amines) is 1. The second-order valence-electron chi connectivity index (χ2n) is 6.31. The smallest absolute Gasteiger partial charge is 0.317 e. The fourth-order valence-corrected chi connectivity index (χ4v) is 2.66. The number of aliphatic hydroxyl groups is 1. The first-order chi connectivity index (χ1) is 10.9. The molecule has 1 saturated heterocycles. The van der Waals surface area contributed by atoms with Gasteiger partial charge in [0.05, 0.1) is 25.8 Å². The van der Waals surface area contributed by atoms with Gasteiger partial charge in [0.1, 0.15) is 17.6 Å². The zero-order valence-electron chi connectivity index (χ0n) is 14.0. The lowest BCUT2D eigenvalue weighted by atomic mass is 9.95. The average molecular weight is 322 g/mol. The number of piperidine rings is 1. The van der Waals surface area contributed by atoms with Gasteiger partial charge < -0.3 is 24.8 Å². The first-order valence-corrected chi connectivity index (χ1v) is 7.95. The van der Waals surface area contributed by atoms with Gasteiger partial charge in [-0.25, -0.2) is 4.79 Å². The van der Waals surface area contributed by atoms with Crippen LogP contribution in [0.4, 0.5) is 4.79 Å². The van der Waals surface area contributed by atoms with E-state index >= 15 is 0 Å². The van der Waals surface area contributed by atoms with Gasteiger partial charge in [0.25, 0.3) is 0 Å². The van der Waals surface area contributed by atoms with E-state index in [9.17, 15) is 9.90 Å². The number of β-amino-alcohol motifs (C(OH)–C–C–N with tert-alkyl or cyclic N) is 1. The van der Waals surface area contributed by atoms with Crippen molar-refractivity contribution in [1.82, 2.24) is 10.2 Å². The van der Waals surface area contributed by atoms with Crippen LogP contribution in [0, 0.1) is 0 Å². The first-order valence-electron chi connectivity index (χ1n) is 7.95. The lowest BCUT2D eigenvalue weighted by Gasteiger charge is -2.36. The quantitative estimate of drug-likeness (QED) is 0.870. The molecule has 0 aromatic heterocycles. The van der Waals surface area contributed by atoms with E-state index in [0.717, 1.165) is 24.3 Å². The minimum absolute atomic E-state index is 0.155. The Morgan fingerprint density at radius 3 is 2.65 bits per heavy atom. The number of carbonyl (C=O) groups is 1. The van der Waals surface area contributed by atoms with Gasteiger partial charge in [-0.05, 0) is 51.0 Å². The Balaban J connectivity index is 1.76. The van der Waals surface area contributed by atoms with Crippen LogP contribution in [0.5, 0.6) is 11.5 Å². The summed E-state index contributed by atoms with van der Waals surface area (Å²) in [6, 6.07) is 7.17. The Hall–Kier alpha value is -1.95. The molecule has 2 rings (SSSR count). The number of nitrogens with one attached hydrogen (secondary N) is 1. The monoisotopic (exact) mass is 322 g/mol. The molecule has 1 aliphatic heterocycles. The zero-order chi connectivity index (χ0) is 16.9. The SMILES string of the molecule is COc1ccc(O[C@@H](C)CNC(=O)N2CCC[C@](C)(O)C2)cc1. The molecule has 0 bridgehead atoms. The summed E-state index contributed by atoms with van der Waals surface area (Å²) in [4.78, 5) is 13.8. The van der Waals surface area contributed by atoms with Gasteiger partial charge >= 0.3 is 6.03 Å². The van der Waals surface area contributed by atoms with Crippen LogP contribution >= 0.6 is 0 Å². The van der Waals surface area contributed by atoms with Crippen molar-refractivity contribution in [2.75, 3.05) is 26.7 Å². The van der Waals surface area contributed by atoms with Crippen molar-refractivity contribution in [2.24, 2.45) is 0 Å². The summed E-state index contributed by atoms with van der Waals surface area (Å²) >= 11 is 0. The lowest BCUT2D eigenvalue weighted by molar-refractivity contribution is -0.00270. The predicted molar refractivity (Wildman–Crippen MR) is 87.9 cm³/mol. The van der Waals surface area contributed by atoms with Crippen LogP contribution in [0.25, 0.3) is 0 Å². The fourth-order valence-electron chi connectivity index (χ4n) is 2.66. The average Bonchev–Trinajstić information content (AvgIpc) is 2.52. The van der Waals surface area contributed by atoms with Gasteiger partial charge in [-0.15, -0.1) is 0 Å². The van der Waals surface area contributed by atoms with Crippen molar-refractivity contribution in [3.8, 4) is 11.5 Å². The highest BCUT2D eigenvalue weighted by Crippen LogP contribution is 2.20. The molecule has 23 heavy (non-hydrogen) atoms. The molecule has 0 aliphatic carbocycles. The van der Waals surface area contributed by atoms with Gasteiger partial charge in [-0.2, -0.15) is 0 Å². The van der Waals surface area contributed by atoms with E-state index in [0.29, 0.717) is 19.6 Å². The van der Waals surface area contributed by atoms with E-state index in [-0.39, 0.29) is 12.1 Å². The largest absolute Gasteiger partial charge is 0.497 e. The summed E-state index contributed by atoms with van der Waals surface area (Å²) in [6.07, 6.45) is 1.39. The third-order valence-electron chi connectivity index (χ3n) is 3.90. The van der Waals surface area contributed by atoms with Crippen molar-refractivity contribution in [1.29, 1.82) is 0 Å². The Morgan fingerprint density at radius 2 is 2.04 bits per heavy atom. The molecule has 128 valence electrons. The van der Waals surface area contributed by atoms with Crippen LogP contribution in [0.1, 0.15) is 26.7 Å². The molecule has 6 heteroatoms. The third-order valence-corrected chi connectivity index (χ3v) is 3.90. The summed E-state index contributed by atoms with van der Waals surface area (Å²) in [5.41, 5.74) is -0.791. The number of amides is 2. The van der Waals surface area contributed by atoms with Gasteiger partial charge in [-0.3, -0.25) is 0 Å². The summed E-state index contributed by atoms with van der Waals surface area (Å²) in [7, 11) is 1.62. The van der Waals surface area contributed by atoms with Crippen molar-refractivity contribution in [3.63, 3.8) is 0 Å². The molecular weight excluding hydrogens is 296 g/mol. The van der Waals surface area contributed by atoms with Crippen LogP contribution in [-0.4, -0.2) is 54.5 Å². The summed E-state index contributed by atoms with van der Waals surface area (Å²) in [5, 5.41) is 12.9. The minimum atomic E-state index is -0.791. The normalized spacial score (nSPS) is 22.3. The maximum atomic E-state index is 12.2. The van der Waals surface area contributed by atoms with Gasteiger partial charge in [0.15, 0.2) is 0 Å². The highest BCUT2D eigenvalue weighted by molar-refractivity contribution is 5.74. The molecule has 2 amide bonds. The van der Waals surface area contributed by atoms with Crippen molar-refractivity contribution < 1.29 is 19.4 Å². The Labute approximate surface area is 137 Å². The molecule has 1 heterocycles. The van der Waals surface area contributed by atoms with Gasteiger partial charge in [0, 0.05) is 6.54 Å². The van der Waals surface area contributed by atoms with Crippen LogP contribution in [0.3, 0.4) is 0 Å². The van der Waals surface area contributed by atoms with E-state index in [2.05, 4.69) is 5.32 Å². The highest BCUT2D eigenvalue weighted by atomic mass is 16.5. The number of nitrogens with zero attached hydrogens (tertiary/aromatic N) is 1. The molecular formula is C17H26N2O4. The lowest BCUT2D eigenvalue weighted by Crippen LogP contribution is -2.52. The van der Waals surface area contributed by atoms with E-state index in [1.807, 2.05) is 31.2 Å². The molecule has 1 fully saturated rings. The Bertz CT molecular complexity index is 516. The Morgan fingerprint density at radius 1 is 1.39 bits per heavy atom. The molecule has 2 N–H and O–H groups in total. The topological polar surface area (TPSA) is 71.0 Å². The zero-order valence-corrected chi connectivity index (χ0v) is 14.0. The Kier molecular flexibility index (Phi) is 5.71. The van der Waals surface area contributed by atoms with Crippen molar-refractivity contribution in [2.45, 2.75) is 38.4 Å². The molecule has 6 nitrogen and oxygen atoms in total. The molecule has 0 radical (unpaired) electrons. The van der Waals surface area contributed by atoms with Gasteiger partial charge in [-0.1, -0.05) is 0 Å². The van der Waals surface area contributed by atoms with Crippen LogP contribution in [-0.2, 0) is 0 Å². The van der Waals surface area contributed by atoms with Crippen molar-refractivity contribution >= 4 is 6.03 Å². The maximum absolute atomic E-state index is 12.2. The van der Waals surface area contributed by atoms with Gasteiger partial charge in [0.2, 0.25) is 0 Å². The highest BCUT2D eigenvalue weighted by Gasteiger charge is 2.30. The van der Waals surface area contributed by atoms with E-state index in [1.54, 1.807) is 18.9 Å². The predicted octanol–water partition coefficient (Wildman–Crippen LogP) is 2.02. The summed E-state index contributed by atoms with van der Waals surface area (Å²) < 4.78 is 10.9. The number of carbonyl (C=O) groups excluding carboxylic acids is 1. The summed E-state index contributed by atoms with van der Waals surface area (Å²) in [6.45, 7) is 5.12. The molecule has 1 aliphatic rings. The molecule has 2 atom stereocenters. The van der Waals surface area contributed by atoms with Crippen LogP contribution < -0.4 is 14.8 Å². The van der Waals surface area contributed by atoms with Crippen molar-refractivity contribution in [3.05, 3.63) is 24.3 Å². The summed E-state index contributed by atoms with van der Waals surface area (Å²) in [5.74, 6) is 1.50. The molecule has 1 aromatic rings. The number of methoxy groups -OCH3 is 1. The molecule has 0 spiro atoms. The number of benzene rings is 1. The molecule has 1 aromatic carbocycles. The third kappa shape index (κ3) is 5.32. The number of urea groups is 1. The second kappa shape index (κ2) is 7.55. The van der Waals surface area contributed by atoms with Crippen LogP contribution in [0.2, 0.25) is 0 Å². The number of hydrogen-bond acceptors (Lipinski definition) is 4. The molecule has 0 unspecified atom stereocenters. The van der Waals surface area contributed by atoms with E-state index < -0.39 is 5.60 Å². The fraction of sp³-hybridized carbons (Fsp3) is 0.588. The first kappa shape index (κ1) is 17.4. The number of hydrogen-bond donors (Lipinski definition) is 2. The number of rotatable bonds is 5. The second-order valence-corrected chi connectivity index (χ2v) is 6.31.